The summed E-state index contributed by atoms with van der Waals surface area (Å²) in [4.78, 5) is 14.1. The molecule has 4 nitrogen and oxygen atoms in total. The normalized spacial score (nSPS) is 15.2. The summed E-state index contributed by atoms with van der Waals surface area (Å²) in [5.74, 6) is -0.400. The SMILES string of the molecule is CN1Cc2[nH]n(-c3ccccc3F)c(=O)c2C1. The molecule has 2 aromatic rings. The largest absolute Gasteiger partial charge is 0.296 e. The highest BCUT2D eigenvalue weighted by atomic mass is 19.1. The Balaban J connectivity index is 2.16. The maximum Gasteiger partial charge on any atom is 0.276 e. The number of hydrogen-bond donors (Lipinski definition) is 1. The average Bonchev–Trinajstić information content (AvgIpc) is 2.79. The number of nitrogens with one attached hydrogen (secondary N) is 1. The van der Waals surface area contributed by atoms with Gasteiger partial charge in [0.1, 0.15) is 11.5 Å². The minimum absolute atomic E-state index is 0.158. The third kappa shape index (κ3) is 1.51. The molecule has 88 valence electrons. The zero-order valence-electron chi connectivity index (χ0n) is 9.40. The van der Waals surface area contributed by atoms with E-state index < -0.39 is 5.82 Å². The molecule has 0 aliphatic carbocycles. The van der Waals surface area contributed by atoms with Crippen LogP contribution < -0.4 is 5.56 Å². The summed E-state index contributed by atoms with van der Waals surface area (Å²) in [6, 6.07) is 6.25. The molecule has 0 unspecified atom stereocenters. The number of hydrogen-bond acceptors (Lipinski definition) is 2. The molecule has 0 radical (unpaired) electrons. The van der Waals surface area contributed by atoms with E-state index in [1.165, 1.54) is 10.7 Å². The standard InChI is InChI=1S/C12H12FN3O/c1-15-6-8-10(7-15)14-16(12(8)17)11-5-3-2-4-9(11)13/h2-5,14H,6-7H2,1H3. The van der Waals surface area contributed by atoms with Crippen molar-refractivity contribution in [2.24, 2.45) is 0 Å². The van der Waals surface area contributed by atoms with Crippen LogP contribution in [0.2, 0.25) is 0 Å². The zero-order valence-corrected chi connectivity index (χ0v) is 9.40. The maximum absolute atomic E-state index is 13.6. The monoisotopic (exact) mass is 233 g/mol. The fourth-order valence-electron chi connectivity index (χ4n) is 2.21. The summed E-state index contributed by atoms with van der Waals surface area (Å²) in [6.07, 6.45) is 0. The van der Waals surface area contributed by atoms with E-state index in [1.54, 1.807) is 18.2 Å². The summed E-state index contributed by atoms with van der Waals surface area (Å²) >= 11 is 0. The van der Waals surface area contributed by atoms with Crippen molar-refractivity contribution in [3.63, 3.8) is 0 Å². The van der Waals surface area contributed by atoms with Gasteiger partial charge in [-0.05, 0) is 19.2 Å². The van der Waals surface area contributed by atoms with Gasteiger partial charge < -0.3 is 0 Å². The van der Waals surface area contributed by atoms with Crippen LogP contribution in [0.3, 0.4) is 0 Å². The van der Waals surface area contributed by atoms with E-state index in [9.17, 15) is 9.18 Å². The number of para-hydroxylation sites is 1. The fourth-order valence-corrected chi connectivity index (χ4v) is 2.21. The maximum atomic E-state index is 13.6. The first-order valence-corrected chi connectivity index (χ1v) is 5.43. The van der Waals surface area contributed by atoms with Crippen molar-refractivity contribution < 1.29 is 4.39 Å². The molecule has 0 spiro atoms. The molecule has 0 atom stereocenters. The van der Waals surface area contributed by atoms with Crippen molar-refractivity contribution in [2.75, 3.05) is 7.05 Å². The average molecular weight is 233 g/mol. The van der Waals surface area contributed by atoms with Gasteiger partial charge in [-0.2, -0.15) is 0 Å². The molecule has 0 amide bonds. The molecule has 1 aliphatic rings. The molecule has 0 saturated heterocycles. The predicted octanol–water partition coefficient (Wildman–Crippen LogP) is 1.25. The van der Waals surface area contributed by atoms with E-state index >= 15 is 0 Å². The highest BCUT2D eigenvalue weighted by Gasteiger charge is 2.23. The second kappa shape index (κ2) is 3.56. The molecule has 1 aromatic heterocycles. The van der Waals surface area contributed by atoms with Gasteiger partial charge in [0.05, 0.1) is 11.3 Å². The Labute approximate surface area is 97.3 Å². The molecule has 1 aromatic carbocycles. The lowest BCUT2D eigenvalue weighted by atomic mass is 10.3. The number of halogens is 1. The van der Waals surface area contributed by atoms with Gasteiger partial charge in [0.15, 0.2) is 0 Å². The van der Waals surface area contributed by atoms with Gasteiger partial charge in [0, 0.05) is 13.1 Å². The van der Waals surface area contributed by atoms with Crippen LogP contribution in [0, 0.1) is 5.82 Å². The lowest BCUT2D eigenvalue weighted by Gasteiger charge is -2.07. The third-order valence-electron chi connectivity index (χ3n) is 3.02. The minimum Gasteiger partial charge on any atom is -0.296 e. The highest BCUT2D eigenvalue weighted by molar-refractivity contribution is 5.35. The summed E-state index contributed by atoms with van der Waals surface area (Å²) in [7, 11) is 1.95. The van der Waals surface area contributed by atoms with Crippen molar-refractivity contribution >= 4 is 0 Å². The van der Waals surface area contributed by atoms with E-state index in [4.69, 9.17) is 0 Å². The second-order valence-corrected chi connectivity index (χ2v) is 4.33. The van der Waals surface area contributed by atoms with Crippen LogP contribution in [0.4, 0.5) is 4.39 Å². The molecule has 1 aliphatic heterocycles. The Morgan fingerprint density at radius 2 is 2.06 bits per heavy atom. The number of fused-ring (bicyclic) bond motifs is 1. The first kappa shape index (κ1) is 10.3. The number of aromatic nitrogens is 2. The molecule has 2 heterocycles. The van der Waals surface area contributed by atoms with Crippen molar-refractivity contribution in [3.8, 4) is 5.69 Å². The van der Waals surface area contributed by atoms with E-state index in [1.807, 2.05) is 11.9 Å². The Kier molecular flexibility index (Phi) is 2.16. The van der Waals surface area contributed by atoms with Crippen LogP contribution in [-0.4, -0.2) is 21.7 Å². The summed E-state index contributed by atoms with van der Waals surface area (Å²) in [5, 5.41) is 2.97. The lowest BCUT2D eigenvalue weighted by molar-refractivity contribution is 0.346. The summed E-state index contributed by atoms with van der Waals surface area (Å²) in [6.45, 7) is 1.32. The number of benzene rings is 1. The second-order valence-electron chi connectivity index (χ2n) is 4.33. The van der Waals surface area contributed by atoms with Crippen molar-refractivity contribution in [3.05, 3.63) is 51.7 Å². The van der Waals surface area contributed by atoms with Crippen LogP contribution in [-0.2, 0) is 13.1 Å². The Hall–Kier alpha value is -1.88. The van der Waals surface area contributed by atoms with Gasteiger partial charge in [0.2, 0.25) is 0 Å². The molecule has 17 heavy (non-hydrogen) atoms. The molecular formula is C12H12FN3O. The van der Waals surface area contributed by atoms with Gasteiger partial charge in [-0.15, -0.1) is 0 Å². The van der Waals surface area contributed by atoms with E-state index in [2.05, 4.69) is 5.10 Å². The van der Waals surface area contributed by atoms with Crippen LogP contribution in [0.25, 0.3) is 5.69 Å². The molecular weight excluding hydrogens is 221 g/mol. The smallest absolute Gasteiger partial charge is 0.276 e. The van der Waals surface area contributed by atoms with Gasteiger partial charge in [-0.3, -0.25) is 14.8 Å². The molecule has 3 rings (SSSR count). The number of H-pyrrole nitrogens is 1. The van der Waals surface area contributed by atoms with Gasteiger partial charge in [0.25, 0.3) is 5.56 Å². The Bertz CT molecular complexity index is 629. The van der Waals surface area contributed by atoms with E-state index in [0.29, 0.717) is 13.1 Å². The summed E-state index contributed by atoms with van der Waals surface area (Å²) in [5.41, 5.74) is 1.72. The first-order valence-electron chi connectivity index (χ1n) is 5.43. The minimum atomic E-state index is -0.400. The summed E-state index contributed by atoms with van der Waals surface area (Å²) < 4.78 is 14.9. The molecule has 1 N–H and O–H groups in total. The van der Waals surface area contributed by atoms with Gasteiger partial charge >= 0.3 is 0 Å². The quantitative estimate of drug-likeness (QED) is 0.805. The topological polar surface area (TPSA) is 41.0 Å². The van der Waals surface area contributed by atoms with Gasteiger partial charge in [-0.25, -0.2) is 9.07 Å². The molecule has 0 bridgehead atoms. The van der Waals surface area contributed by atoms with Crippen LogP contribution in [0.5, 0.6) is 0 Å². The highest BCUT2D eigenvalue weighted by Crippen LogP contribution is 2.18. The predicted molar refractivity (Wildman–Crippen MR) is 61.5 cm³/mol. The van der Waals surface area contributed by atoms with Crippen LogP contribution in [0.1, 0.15) is 11.3 Å². The van der Waals surface area contributed by atoms with Crippen LogP contribution >= 0.6 is 0 Å². The Morgan fingerprint density at radius 3 is 2.76 bits per heavy atom. The first-order chi connectivity index (χ1) is 8.16. The van der Waals surface area contributed by atoms with Crippen molar-refractivity contribution in [1.29, 1.82) is 0 Å². The number of aromatic amines is 1. The molecule has 0 saturated carbocycles. The van der Waals surface area contributed by atoms with Gasteiger partial charge in [-0.1, -0.05) is 12.1 Å². The van der Waals surface area contributed by atoms with E-state index in [-0.39, 0.29) is 11.2 Å². The van der Waals surface area contributed by atoms with Crippen molar-refractivity contribution in [2.45, 2.75) is 13.1 Å². The number of nitrogens with zero attached hydrogens (tertiary/aromatic N) is 2. The Morgan fingerprint density at radius 1 is 1.29 bits per heavy atom. The molecule has 0 fully saturated rings. The molecule has 5 heteroatoms. The number of rotatable bonds is 1. The third-order valence-corrected chi connectivity index (χ3v) is 3.02. The fraction of sp³-hybridized carbons (Fsp3) is 0.250. The van der Waals surface area contributed by atoms with Crippen LogP contribution in [0.15, 0.2) is 29.1 Å². The van der Waals surface area contributed by atoms with Crippen molar-refractivity contribution in [1.82, 2.24) is 14.7 Å². The lowest BCUT2D eigenvalue weighted by Crippen LogP contribution is -2.21. The zero-order chi connectivity index (χ0) is 12.0. The van der Waals surface area contributed by atoms with E-state index in [0.717, 1.165) is 11.3 Å².